The fraction of sp³-hybridized carbons (Fsp3) is 0.467. The smallest absolute Gasteiger partial charge is 0.305 e. The number of guanidine groups is 1. The number of nitrogens with zero attached hydrogens (tertiary/aromatic N) is 1. The summed E-state index contributed by atoms with van der Waals surface area (Å²) in [6.07, 6.45) is 0.907. The van der Waals surface area contributed by atoms with Crippen molar-refractivity contribution in [2.45, 2.75) is 26.3 Å². The number of hydrogen-bond donors (Lipinski definition) is 2. The molecule has 0 aliphatic rings. The van der Waals surface area contributed by atoms with E-state index in [1.165, 1.54) is 0 Å². The average Bonchev–Trinajstić information content (AvgIpc) is 2.50. The molecule has 0 aromatic heterocycles. The quantitative estimate of drug-likeness (QED) is 0.350. The lowest BCUT2D eigenvalue weighted by molar-refractivity contribution is -0.143. The molecule has 5 nitrogen and oxygen atoms in total. The molecule has 0 aliphatic carbocycles. The van der Waals surface area contributed by atoms with Crippen LogP contribution in [0.2, 0.25) is 0 Å². The van der Waals surface area contributed by atoms with Crippen LogP contribution in [0, 0.1) is 11.6 Å². The summed E-state index contributed by atoms with van der Waals surface area (Å²) in [6.45, 7) is 2.76. The van der Waals surface area contributed by atoms with Crippen molar-refractivity contribution in [2.24, 2.45) is 4.99 Å². The lowest BCUT2D eigenvalue weighted by Gasteiger charge is -2.12. The minimum absolute atomic E-state index is 0.112. The van der Waals surface area contributed by atoms with Crippen molar-refractivity contribution >= 4 is 11.9 Å². The number of hydrogen-bond acceptors (Lipinski definition) is 3. The molecule has 0 bridgehead atoms. The second-order valence-electron chi connectivity index (χ2n) is 4.50. The normalized spacial score (nSPS) is 11.2. The summed E-state index contributed by atoms with van der Waals surface area (Å²) < 4.78 is 31.3. The van der Waals surface area contributed by atoms with E-state index in [9.17, 15) is 13.6 Å². The van der Waals surface area contributed by atoms with Crippen LogP contribution in [0.1, 0.15) is 25.3 Å². The van der Waals surface area contributed by atoms with Crippen molar-refractivity contribution in [1.29, 1.82) is 0 Å². The highest BCUT2D eigenvalue weighted by molar-refractivity contribution is 5.79. The van der Waals surface area contributed by atoms with Gasteiger partial charge in [-0.1, -0.05) is 0 Å². The van der Waals surface area contributed by atoms with E-state index in [1.54, 1.807) is 14.0 Å². The van der Waals surface area contributed by atoms with Crippen LogP contribution in [-0.4, -0.2) is 32.1 Å². The van der Waals surface area contributed by atoms with Crippen LogP contribution in [0.5, 0.6) is 0 Å². The van der Waals surface area contributed by atoms with E-state index in [2.05, 4.69) is 15.6 Å². The summed E-state index contributed by atoms with van der Waals surface area (Å²) in [5, 5.41) is 5.87. The van der Waals surface area contributed by atoms with Gasteiger partial charge < -0.3 is 15.4 Å². The predicted octanol–water partition coefficient (Wildman–Crippen LogP) is 1.97. The topological polar surface area (TPSA) is 62.7 Å². The van der Waals surface area contributed by atoms with Crippen molar-refractivity contribution in [3.05, 3.63) is 35.4 Å². The minimum atomic E-state index is -0.490. The van der Waals surface area contributed by atoms with Crippen LogP contribution in [0.3, 0.4) is 0 Å². The van der Waals surface area contributed by atoms with Gasteiger partial charge in [-0.15, -0.1) is 0 Å². The Morgan fingerprint density at radius 1 is 1.32 bits per heavy atom. The van der Waals surface area contributed by atoms with Gasteiger partial charge in [0.05, 0.1) is 6.61 Å². The Bertz CT molecular complexity index is 522. The van der Waals surface area contributed by atoms with E-state index in [0.717, 1.165) is 18.2 Å². The number of halogens is 2. The molecule has 0 unspecified atom stereocenters. The number of esters is 1. The first-order valence-corrected chi connectivity index (χ1v) is 7.11. The Balaban J connectivity index is 2.34. The molecule has 2 N–H and O–H groups in total. The number of nitrogens with one attached hydrogen (secondary N) is 2. The highest BCUT2D eigenvalue weighted by atomic mass is 19.1. The number of carbonyl (C=O) groups is 1. The molecule has 0 radical (unpaired) electrons. The van der Waals surface area contributed by atoms with E-state index in [-0.39, 0.29) is 18.1 Å². The third-order valence-corrected chi connectivity index (χ3v) is 2.83. The first-order valence-electron chi connectivity index (χ1n) is 7.11. The van der Waals surface area contributed by atoms with Crippen molar-refractivity contribution < 1.29 is 18.3 Å². The van der Waals surface area contributed by atoms with E-state index in [4.69, 9.17) is 4.74 Å². The first-order chi connectivity index (χ1) is 10.6. The summed E-state index contributed by atoms with van der Waals surface area (Å²) >= 11 is 0. The Labute approximate surface area is 128 Å². The number of benzene rings is 1. The molecule has 0 amide bonds. The monoisotopic (exact) mass is 313 g/mol. The number of carbonyl (C=O) groups excluding carboxylic acids is 1. The van der Waals surface area contributed by atoms with E-state index in [0.29, 0.717) is 32.0 Å². The van der Waals surface area contributed by atoms with Crippen LogP contribution < -0.4 is 10.6 Å². The third-order valence-electron chi connectivity index (χ3n) is 2.83. The van der Waals surface area contributed by atoms with E-state index < -0.39 is 11.6 Å². The highest BCUT2D eigenvalue weighted by Crippen LogP contribution is 2.08. The van der Waals surface area contributed by atoms with Crippen LogP contribution >= 0.6 is 0 Å². The summed E-state index contributed by atoms with van der Waals surface area (Å²) in [4.78, 5) is 15.1. The van der Waals surface area contributed by atoms with Gasteiger partial charge in [-0.3, -0.25) is 9.79 Å². The van der Waals surface area contributed by atoms with Crippen molar-refractivity contribution in [3.8, 4) is 0 Å². The van der Waals surface area contributed by atoms with Gasteiger partial charge in [0.2, 0.25) is 0 Å². The van der Waals surface area contributed by atoms with Gasteiger partial charge in [-0.05, 0) is 31.5 Å². The molecule has 0 fully saturated rings. The maximum Gasteiger partial charge on any atom is 0.305 e. The Morgan fingerprint density at radius 2 is 2.09 bits per heavy atom. The zero-order valence-corrected chi connectivity index (χ0v) is 12.8. The molecule has 0 saturated heterocycles. The third kappa shape index (κ3) is 6.51. The summed E-state index contributed by atoms with van der Waals surface area (Å²) in [6, 6.07) is 3.29. The second-order valence-corrected chi connectivity index (χ2v) is 4.50. The van der Waals surface area contributed by atoms with Crippen molar-refractivity contribution in [3.63, 3.8) is 0 Å². The van der Waals surface area contributed by atoms with Crippen molar-refractivity contribution in [1.82, 2.24) is 10.6 Å². The SMILES string of the molecule is CCOC(=O)CCCNC(=NC)NCc1cc(F)ccc1F. The summed E-state index contributed by atoms with van der Waals surface area (Å²) in [7, 11) is 1.57. The standard InChI is InChI=1S/C15H21F2N3O2/c1-3-22-14(21)5-4-8-19-15(18-2)20-10-11-9-12(16)6-7-13(11)17/h6-7,9H,3-5,8,10H2,1-2H3,(H2,18,19,20). The van der Waals surface area contributed by atoms with Gasteiger partial charge in [-0.2, -0.15) is 0 Å². The number of aliphatic imine (C=N–C) groups is 1. The zero-order chi connectivity index (χ0) is 16.4. The molecule has 0 aliphatic heterocycles. The maximum atomic E-state index is 13.5. The lowest BCUT2D eigenvalue weighted by Crippen LogP contribution is -2.37. The van der Waals surface area contributed by atoms with Gasteiger partial charge in [0.25, 0.3) is 0 Å². The van der Waals surface area contributed by atoms with Gasteiger partial charge >= 0.3 is 5.97 Å². The number of rotatable bonds is 7. The van der Waals surface area contributed by atoms with Gasteiger partial charge in [0, 0.05) is 32.1 Å². The van der Waals surface area contributed by atoms with Crippen LogP contribution in [0.15, 0.2) is 23.2 Å². The molecule has 122 valence electrons. The fourth-order valence-electron chi connectivity index (χ4n) is 1.75. The molecule has 1 rings (SSSR count). The first kappa shape index (κ1) is 17.9. The van der Waals surface area contributed by atoms with Crippen LogP contribution in [0.4, 0.5) is 8.78 Å². The molecule has 0 spiro atoms. The fourth-order valence-corrected chi connectivity index (χ4v) is 1.75. The van der Waals surface area contributed by atoms with Crippen LogP contribution in [-0.2, 0) is 16.1 Å². The molecule has 1 aromatic carbocycles. The molecule has 0 saturated carbocycles. The molecular formula is C15H21F2N3O2. The molecule has 0 atom stereocenters. The Kier molecular flexibility index (Phi) is 7.88. The Morgan fingerprint density at radius 3 is 2.77 bits per heavy atom. The Hall–Kier alpha value is -2.18. The summed E-state index contributed by atoms with van der Waals surface area (Å²) in [5.41, 5.74) is 0.217. The highest BCUT2D eigenvalue weighted by Gasteiger charge is 2.06. The zero-order valence-electron chi connectivity index (χ0n) is 12.8. The molecular weight excluding hydrogens is 292 g/mol. The van der Waals surface area contributed by atoms with Gasteiger partial charge in [0.15, 0.2) is 5.96 Å². The van der Waals surface area contributed by atoms with E-state index in [1.807, 2.05) is 0 Å². The molecule has 7 heteroatoms. The molecule has 0 heterocycles. The van der Waals surface area contributed by atoms with Crippen LogP contribution in [0.25, 0.3) is 0 Å². The molecule has 22 heavy (non-hydrogen) atoms. The lowest BCUT2D eigenvalue weighted by atomic mass is 10.2. The molecule has 1 aromatic rings. The van der Waals surface area contributed by atoms with Crippen molar-refractivity contribution in [2.75, 3.05) is 20.2 Å². The summed E-state index contributed by atoms with van der Waals surface area (Å²) in [5.74, 6) is -0.760. The predicted molar refractivity (Wildman–Crippen MR) is 80.4 cm³/mol. The van der Waals surface area contributed by atoms with E-state index >= 15 is 0 Å². The van der Waals surface area contributed by atoms with Gasteiger partial charge in [0.1, 0.15) is 11.6 Å². The number of ether oxygens (including phenoxy) is 1. The minimum Gasteiger partial charge on any atom is -0.466 e. The average molecular weight is 313 g/mol. The maximum absolute atomic E-state index is 13.5. The van der Waals surface area contributed by atoms with Gasteiger partial charge in [-0.25, -0.2) is 8.78 Å². The second kappa shape index (κ2) is 9.70. The largest absolute Gasteiger partial charge is 0.466 e.